The van der Waals surface area contributed by atoms with Crippen LogP contribution in [0.2, 0.25) is 0 Å². The van der Waals surface area contributed by atoms with Crippen LogP contribution < -0.4 is 5.73 Å². The molecule has 2 N–H and O–H groups in total. The predicted molar refractivity (Wildman–Crippen MR) is 54.9 cm³/mol. The number of nitrogens with zero attached hydrogens (tertiary/aromatic N) is 1. The Balaban J connectivity index is 2.38. The SMILES string of the molecule is CCOC[C@H]1CCCN1C(=O)CCN. The number of likely N-dealkylation sites (tertiary alicyclic amines) is 1. The van der Waals surface area contributed by atoms with Crippen LogP contribution >= 0.6 is 0 Å². The second kappa shape index (κ2) is 5.98. The summed E-state index contributed by atoms with van der Waals surface area (Å²) in [6.45, 7) is 4.68. The Bertz CT molecular complexity index is 185. The molecule has 0 bridgehead atoms. The normalized spacial score (nSPS) is 21.6. The molecule has 1 heterocycles. The Labute approximate surface area is 85.4 Å². The molecule has 1 atom stereocenters. The lowest BCUT2D eigenvalue weighted by Gasteiger charge is -2.24. The van der Waals surface area contributed by atoms with Crippen molar-refractivity contribution in [1.82, 2.24) is 4.90 Å². The van der Waals surface area contributed by atoms with Gasteiger partial charge in [-0.25, -0.2) is 0 Å². The molecule has 0 saturated carbocycles. The van der Waals surface area contributed by atoms with Gasteiger partial charge in [-0.05, 0) is 19.8 Å². The van der Waals surface area contributed by atoms with Crippen molar-refractivity contribution in [3.8, 4) is 0 Å². The standard InChI is InChI=1S/C10H20N2O2/c1-2-14-8-9-4-3-7-12(9)10(13)5-6-11/h9H,2-8,11H2,1H3/t9-/m1/s1. The highest BCUT2D eigenvalue weighted by molar-refractivity contribution is 5.77. The predicted octanol–water partition coefficient (Wildman–Crippen LogP) is 0.363. The van der Waals surface area contributed by atoms with E-state index in [2.05, 4.69) is 0 Å². The molecule has 0 unspecified atom stereocenters. The van der Waals surface area contributed by atoms with Gasteiger partial charge >= 0.3 is 0 Å². The van der Waals surface area contributed by atoms with Crippen molar-refractivity contribution < 1.29 is 9.53 Å². The first-order valence-electron chi connectivity index (χ1n) is 5.36. The van der Waals surface area contributed by atoms with Crippen LogP contribution in [0, 0.1) is 0 Å². The second-order valence-electron chi connectivity index (χ2n) is 3.58. The van der Waals surface area contributed by atoms with E-state index in [4.69, 9.17) is 10.5 Å². The van der Waals surface area contributed by atoms with E-state index in [-0.39, 0.29) is 11.9 Å². The van der Waals surface area contributed by atoms with Gasteiger partial charge in [0.1, 0.15) is 0 Å². The maximum absolute atomic E-state index is 11.6. The zero-order chi connectivity index (χ0) is 10.4. The number of hydrogen-bond donors (Lipinski definition) is 1. The molecule has 0 aromatic heterocycles. The first kappa shape index (κ1) is 11.5. The summed E-state index contributed by atoms with van der Waals surface area (Å²) >= 11 is 0. The van der Waals surface area contributed by atoms with E-state index in [1.165, 1.54) is 0 Å². The largest absolute Gasteiger partial charge is 0.380 e. The smallest absolute Gasteiger partial charge is 0.224 e. The number of nitrogens with two attached hydrogens (primary N) is 1. The number of hydrogen-bond acceptors (Lipinski definition) is 3. The summed E-state index contributed by atoms with van der Waals surface area (Å²) in [5.41, 5.74) is 5.36. The van der Waals surface area contributed by atoms with Gasteiger partial charge in [0.05, 0.1) is 12.6 Å². The molecule has 4 heteroatoms. The fourth-order valence-corrected chi connectivity index (χ4v) is 1.86. The lowest BCUT2D eigenvalue weighted by molar-refractivity contribution is -0.132. The Kier molecular flexibility index (Phi) is 4.90. The van der Waals surface area contributed by atoms with Crippen LogP contribution in [-0.2, 0) is 9.53 Å². The molecular formula is C10H20N2O2. The molecule has 1 aliphatic rings. The summed E-state index contributed by atoms with van der Waals surface area (Å²) in [7, 11) is 0. The van der Waals surface area contributed by atoms with Crippen molar-refractivity contribution in [3.63, 3.8) is 0 Å². The van der Waals surface area contributed by atoms with Crippen molar-refractivity contribution in [2.24, 2.45) is 5.73 Å². The zero-order valence-corrected chi connectivity index (χ0v) is 8.87. The molecule has 0 aromatic rings. The molecule has 1 aliphatic heterocycles. The van der Waals surface area contributed by atoms with Crippen LogP contribution in [0.1, 0.15) is 26.2 Å². The lowest BCUT2D eigenvalue weighted by atomic mass is 10.2. The summed E-state index contributed by atoms with van der Waals surface area (Å²) in [5.74, 6) is 0.176. The fourth-order valence-electron chi connectivity index (χ4n) is 1.86. The van der Waals surface area contributed by atoms with Crippen molar-refractivity contribution in [2.75, 3.05) is 26.3 Å². The van der Waals surface area contributed by atoms with Crippen LogP contribution in [0.25, 0.3) is 0 Å². The van der Waals surface area contributed by atoms with E-state index in [1.807, 2.05) is 11.8 Å². The van der Waals surface area contributed by atoms with Crippen molar-refractivity contribution >= 4 is 5.91 Å². The molecule has 1 saturated heterocycles. The van der Waals surface area contributed by atoms with E-state index in [0.29, 0.717) is 19.6 Å². The highest BCUT2D eigenvalue weighted by Gasteiger charge is 2.27. The van der Waals surface area contributed by atoms with Crippen LogP contribution in [0.5, 0.6) is 0 Å². The second-order valence-corrected chi connectivity index (χ2v) is 3.58. The van der Waals surface area contributed by atoms with Gasteiger partial charge < -0.3 is 15.4 Å². The summed E-state index contributed by atoms with van der Waals surface area (Å²) < 4.78 is 5.35. The van der Waals surface area contributed by atoms with E-state index >= 15 is 0 Å². The molecule has 4 nitrogen and oxygen atoms in total. The van der Waals surface area contributed by atoms with Gasteiger partial charge in [-0.1, -0.05) is 0 Å². The van der Waals surface area contributed by atoms with Crippen LogP contribution in [-0.4, -0.2) is 43.2 Å². The Morgan fingerprint density at radius 2 is 2.43 bits per heavy atom. The fraction of sp³-hybridized carbons (Fsp3) is 0.900. The quantitative estimate of drug-likeness (QED) is 0.697. The van der Waals surface area contributed by atoms with Crippen molar-refractivity contribution in [3.05, 3.63) is 0 Å². The highest BCUT2D eigenvalue weighted by atomic mass is 16.5. The maximum atomic E-state index is 11.6. The van der Waals surface area contributed by atoms with Gasteiger partial charge in [0.2, 0.25) is 5.91 Å². The van der Waals surface area contributed by atoms with Crippen molar-refractivity contribution in [1.29, 1.82) is 0 Å². The number of ether oxygens (including phenoxy) is 1. The van der Waals surface area contributed by atoms with Crippen molar-refractivity contribution in [2.45, 2.75) is 32.2 Å². The Morgan fingerprint density at radius 1 is 1.64 bits per heavy atom. The summed E-state index contributed by atoms with van der Waals surface area (Å²) in [4.78, 5) is 13.5. The first-order valence-corrected chi connectivity index (χ1v) is 5.36. The molecule has 82 valence electrons. The third kappa shape index (κ3) is 2.96. The summed E-state index contributed by atoms with van der Waals surface area (Å²) in [6, 6.07) is 0.286. The monoisotopic (exact) mass is 200 g/mol. The molecule has 14 heavy (non-hydrogen) atoms. The molecule has 0 aromatic carbocycles. The summed E-state index contributed by atoms with van der Waals surface area (Å²) in [6.07, 6.45) is 2.62. The first-order chi connectivity index (χ1) is 6.79. The Morgan fingerprint density at radius 3 is 3.07 bits per heavy atom. The molecule has 0 aliphatic carbocycles. The van der Waals surface area contributed by atoms with Crippen LogP contribution in [0.4, 0.5) is 0 Å². The van der Waals surface area contributed by atoms with E-state index in [1.54, 1.807) is 0 Å². The molecule has 1 rings (SSSR count). The molecular weight excluding hydrogens is 180 g/mol. The molecule has 0 spiro atoms. The minimum atomic E-state index is 0.176. The minimum Gasteiger partial charge on any atom is -0.380 e. The summed E-state index contributed by atoms with van der Waals surface area (Å²) in [5, 5.41) is 0. The number of carbonyl (C=O) groups excluding carboxylic acids is 1. The van der Waals surface area contributed by atoms with Gasteiger partial charge in [-0.2, -0.15) is 0 Å². The average molecular weight is 200 g/mol. The van der Waals surface area contributed by atoms with Gasteiger partial charge in [0.25, 0.3) is 0 Å². The van der Waals surface area contributed by atoms with Gasteiger partial charge in [0.15, 0.2) is 0 Å². The zero-order valence-electron chi connectivity index (χ0n) is 8.87. The minimum absolute atomic E-state index is 0.176. The lowest BCUT2D eigenvalue weighted by Crippen LogP contribution is -2.39. The Hall–Kier alpha value is -0.610. The van der Waals surface area contributed by atoms with Gasteiger partial charge in [-0.15, -0.1) is 0 Å². The third-order valence-electron chi connectivity index (χ3n) is 2.57. The average Bonchev–Trinajstić information content (AvgIpc) is 2.63. The van der Waals surface area contributed by atoms with Crippen LogP contribution in [0.3, 0.4) is 0 Å². The maximum Gasteiger partial charge on any atom is 0.224 e. The number of amides is 1. The number of rotatable bonds is 5. The van der Waals surface area contributed by atoms with Crippen LogP contribution in [0.15, 0.2) is 0 Å². The van der Waals surface area contributed by atoms with E-state index in [0.717, 1.165) is 26.0 Å². The van der Waals surface area contributed by atoms with E-state index < -0.39 is 0 Å². The molecule has 1 amide bonds. The topological polar surface area (TPSA) is 55.6 Å². The van der Waals surface area contributed by atoms with E-state index in [9.17, 15) is 4.79 Å². The highest BCUT2D eigenvalue weighted by Crippen LogP contribution is 2.18. The molecule has 0 radical (unpaired) electrons. The molecule has 1 fully saturated rings. The van der Waals surface area contributed by atoms with Gasteiger partial charge in [0, 0.05) is 26.1 Å². The number of carbonyl (C=O) groups is 1. The third-order valence-corrected chi connectivity index (χ3v) is 2.57. The van der Waals surface area contributed by atoms with Gasteiger partial charge in [-0.3, -0.25) is 4.79 Å².